The second-order valence-corrected chi connectivity index (χ2v) is 7.76. The summed E-state index contributed by atoms with van der Waals surface area (Å²) < 4.78 is 30.7. The number of benzene rings is 3. The minimum absolute atomic E-state index is 0.0803. The van der Waals surface area contributed by atoms with Crippen LogP contribution in [-0.2, 0) is 6.54 Å². The largest absolute Gasteiger partial charge is 0.415 e. The molecule has 166 valence electrons. The van der Waals surface area contributed by atoms with E-state index in [1.807, 2.05) is 60.7 Å². The van der Waals surface area contributed by atoms with Gasteiger partial charge in [-0.05, 0) is 28.8 Å². The maximum Gasteiger partial charge on any atom is 0.314 e. The molecule has 0 aliphatic carbocycles. The molecule has 2 atom stereocenters. The highest BCUT2D eigenvalue weighted by molar-refractivity contribution is 5.99. The van der Waals surface area contributed by atoms with E-state index in [0.717, 1.165) is 11.1 Å². The first-order chi connectivity index (χ1) is 16.0. The van der Waals surface area contributed by atoms with Crippen LogP contribution in [0.2, 0.25) is 0 Å². The maximum absolute atomic E-state index is 13.5. The predicted octanol–water partition coefficient (Wildman–Crippen LogP) is 5.10. The Labute approximate surface area is 188 Å². The molecular weight excluding hydrogens is 428 g/mol. The number of rotatable bonds is 6. The quantitative estimate of drug-likeness (QED) is 0.445. The van der Waals surface area contributed by atoms with Gasteiger partial charge in [-0.2, -0.15) is 8.78 Å². The summed E-state index contributed by atoms with van der Waals surface area (Å²) in [4.78, 5) is 15.1. The molecule has 33 heavy (non-hydrogen) atoms. The highest BCUT2D eigenvalue weighted by Gasteiger charge is 2.38. The molecule has 2 heterocycles. The van der Waals surface area contributed by atoms with Crippen LogP contribution in [0.1, 0.15) is 51.5 Å². The van der Waals surface area contributed by atoms with Crippen molar-refractivity contribution >= 4 is 5.91 Å². The molecule has 0 saturated heterocycles. The maximum atomic E-state index is 13.5. The molecule has 1 N–H and O–H groups in total. The van der Waals surface area contributed by atoms with Gasteiger partial charge >= 0.3 is 6.43 Å². The predicted molar refractivity (Wildman–Crippen MR) is 115 cm³/mol. The number of alkyl halides is 2. The zero-order valence-electron chi connectivity index (χ0n) is 17.3. The molecule has 0 bridgehead atoms. The van der Waals surface area contributed by atoms with Gasteiger partial charge in [0.25, 0.3) is 11.8 Å². The van der Waals surface area contributed by atoms with Gasteiger partial charge in [-0.3, -0.25) is 4.79 Å². The zero-order chi connectivity index (χ0) is 22.9. The Morgan fingerprint density at radius 3 is 2.21 bits per heavy atom. The van der Waals surface area contributed by atoms with E-state index in [1.165, 1.54) is 0 Å². The van der Waals surface area contributed by atoms with Gasteiger partial charge in [0.15, 0.2) is 0 Å². The smallest absolute Gasteiger partial charge is 0.314 e. The van der Waals surface area contributed by atoms with Crippen molar-refractivity contribution < 1.29 is 23.1 Å². The molecule has 1 aliphatic rings. The van der Waals surface area contributed by atoms with Gasteiger partial charge in [0.05, 0.1) is 6.04 Å². The SMILES string of the molecule is O=C1c2cc(-c3nnc(C(F)F)o3)ccc2CN1[C@@H](c1ccccc1)[C@@H](O)c1ccccc1. The van der Waals surface area contributed by atoms with Gasteiger partial charge in [-0.15, -0.1) is 10.2 Å². The minimum atomic E-state index is -2.87. The Morgan fingerprint density at radius 1 is 0.909 bits per heavy atom. The first-order valence-corrected chi connectivity index (χ1v) is 10.4. The Hall–Kier alpha value is -3.91. The average Bonchev–Trinajstić information content (AvgIpc) is 3.46. The molecule has 6 nitrogen and oxygen atoms in total. The van der Waals surface area contributed by atoms with Crippen LogP contribution in [0, 0.1) is 0 Å². The zero-order valence-corrected chi connectivity index (χ0v) is 17.3. The van der Waals surface area contributed by atoms with Gasteiger partial charge in [0.1, 0.15) is 6.10 Å². The summed E-state index contributed by atoms with van der Waals surface area (Å²) in [6, 6.07) is 22.9. The highest BCUT2D eigenvalue weighted by Crippen LogP contribution is 2.40. The molecule has 0 radical (unpaired) electrons. The molecule has 3 aromatic carbocycles. The number of fused-ring (bicyclic) bond motifs is 1. The Morgan fingerprint density at radius 2 is 1.58 bits per heavy atom. The lowest BCUT2D eigenvalue weighted by atomic mass is 9.94. The van der Waals surface area contributed by atoms with Crippen LogP contribution < -0.4 is 0 Å². The van der Waals surface area contributed by atoms with Gasteiger partial charge in [0.2, 0.25) is 5.89 Å². The van der Waals surface area contributed by atoms with Crippen molar-refractivity contribution in [3.05, 3.63) is 107 Å². The van der Waals surface area contributed by atoms with Crippen LogP contribution in [0.4, 0.5) is 8.78 Å². The first kappa shape index (κ1) is 21.0. The van der Waals surface area contributed by atoms with Crippen LogP contribution in [-0.4, -0.2) is 26.1 Å². The number of hydrogen-bond acceptors (Lipinski definition) is 5. The summed E-state index contributed by atoms with van der Waals surface area (Å²) >= 11 is 0. The molecular formula is C25H19F2N3O3. The van der Waals surface area contributed by atoms with E-state index in [-0.39, 0.29) is 11.8 Å². The number of carbonyl (C=O) groups is 1. The van der Waals surface area contributed by atoms with Crippen molar-refractivity contribution in [1.82, 2.24) is 15.1 Å². The van der Waals surface area contributed by atoms with E-state index in [9.17, 15) is 18.7 Å². The topological polar surface area (TPSA) is 79.5 Å². The van der Waals surface area contributed by atoms with Gasteiger partial charge in [0, 0.05) is 17.7 Å². The molecule has 5 rings (SSSR count). The average molecular weight is 447 g/mol. The normalized spacial score (nSPS) is 15.0. The number of aliphatic hydroxyl groups is 1. The number of aliphatic hydroxyl groups excluding tert-OH is 1. The monoisotopic (exact) mass is 447 g/mol. The number of carbonyl (C=O) groups excluding carboxylic acids is 1. The second kappa shape index (κ2) is 8.55. The Kier molecular flexibility index (Phi) is 5.43. The number of amides is 1. The Balaban J connectivity index is 1.50. The summed E-state index contributed by atoms with van der Waals surface area (Å²) in [5, 5.41) is 18.3. The van der Waals surface area contributed by atoms with Crippen molar-refractivity contribution in [2.45, 2.75) is 25.1 Å². The third kappa shape index (κ3) is 3.89. The molecule has 1 aromatic heterocycles. The fourth-order valence-corrected chi connectivity index (χ4v) is 4.14. The lowest BCUT2D eigenvalue weighted by Crippen LogP contribution is -2.33. The number of halogens is 2. The standard InChI is InChI=1S/C25H19F2N3O3/c26-22(27)24-29-28-23(33-24)17-11-12-18-14-30(25(32)19(18)13-17)20(15-7-3-1-4-8-15)21(31)16-9-5-2-6-10-16/h1-13,20-22,31H,14H2/t20-,21-/m0/s1. The van der Waals surface area contributed by atoms with Crippen molar-refractivity contribution in [2.75, 3.05) is 0 Å². The van der Waals surface area contributed by atoms with Crippen LogP contribution >= 0.6 is 0 Å². The minimum Gasteiger partial charge on any atom is -0.415 e. The fourth-order valence-electron chi connectivity index (χ4n) is 4.14. The van der Waals surface area contributed by atoms with Crippen LogP contribution in [0.3, 0.4) is 0 Å². The number of hydrogen-bond donors (Lipinski definition) is 1. The van der Waals surface area contributed by atoms with E-state index < -0.39 is 24.5 Å². The molecule has 0 spiro atoms. The molecule has 0 fully saturated rings. The van der Waals surface area contributed by atoms with Gasteiger partial charge < -0.3 is 14.4 Å². The number of nitrogens with zero attached hydrogens (tertiary/aromatic N) is 3. The van der Waals surface area contributed by atoms with Crippen LogP contribution in [0.25, 0.3) is 11.5 Å². The van der Waals surface area contributed by atoms with E-state index in [1.54, 1.807) is 23.1 Å². The fraction of sp³-hybridized carbons (Fsp3) is 0.160. The van der Waals surface area contributed by atoms with Crippen molar-refractivity contribution in [1.29, 1.82) is 0 Å². The Bertz CT molecular complexity index is 1280. The second-order valence-electron chi connectivity index (χ2n) is 7.76. The number of aromatic nitrogens is 2. The van der Waals surface area contributed by atoms with Gasteiger partial charge in [-0.25, -0.2) is 0 Å². The molecule has 8 heteroatoms. The summed E-state index contributed by atoms with van der Waals surface area (Å²) in [6.07, 6.45) is -3.82. The third-order valence-corrected chi connectivity index (χ3v) is 5.73. The molecule has 1 amide bonds. The van der Waals surface area contributed by atoms with Crippen molar-refractivity contribution in [3.8, 4) is 11.5 Å². The van der Waals surface area contributed by atoms with E-state index >= 15 is 0 Å². The van der Waals surface area contributed by atoms with Crippen LogP contribution in [0.15, 0.2) is 83.3 Å². The molecule has 0 unspecified atom stereocenters. The molecule has 1 aliphatic heterocycles. The van der Waals surface area contributed by atoms with Crippen molar-refractivity contribution in [2.24, 2.45) is 0 Å². The van der Waals surface area contributed by atoms with E-state index in [0.29, 0.717) is 23.2 Å². The third-order valence-electron chi connectivity index (χ3n) is 5.73. The molecule has 4 aromatic rings. The first-order valence-electron chi connectivity index (χ1n) is 10.4. The lowest BCUT2D eigenvalue weighted by molar-refractivity contribution is 0.0360. The van der Waals surface area contributed by atoms with Gasteiger partial charge in [-0.1, -0.05) is 66.7 Å². The van der Waals surface area contributed by atoms with E-state index in [4.69, 9.17) is 4.42 Å². The summed E-state index contributed by atoms with van der Waals surface area (Å²) in [5.74, 6) is -1.12. The van der Waals surface area contributed by atoms with E-state index in [2.05, 4.69) is 10.2 Å². The van der Waals surface area contributed by atoms with Crippen LogP contribution in [0.5, 0.6) is 0 Å². The summed E-state index contributed by atoms with van der Waals surface area (Å²) in [5.41, 5.74) is 3.04. The highest BCUT2D eigenvalue weighted by atomic mass is 19.3. The molecule has 0 saturated carbocycles. The summed E-state index contributed by atoms with van der Waals surface area (Å²) in [7, 11) is 0. The summed E-state index contributed by atoms with van der Waals surface area (Å²) in [6.45, 7) is 0.296. The van der Waals surface area contributed by atoms with Crippen molar-refractivity contribution in [3.63, 3.8) is 0 Å². The lowest BCUT2D eigenvalue weighted by Gasteiger charge is -2.32.